The van der Waals surface area contributed by atoms with Crippen LogP contribution in [0.2, 0.25) is 0 Å². The van der Waals surface area contributed by atoms with Gasteiger partial charge in [-0.25, -0.2) is 4.79 Å². The first-order valence-electron chi connectivity index (χ1n) is 12.4. The lowest BCUT2D eigenvalue weighted by Gasteiger charge is -2.41. The van der Waals surface area contributed by atoms with Gasteiger partial charge < -0.3 is 30.9 Å². The number of urea groups is 1. The van der Waals surface area contributed by atoms with Crippen LogP contribution in [0.4, 0.5) is 10.5 Å². The Morgan fingerprint density at radius 2 is 1.78 bits per heavy atom. The molecule has 36 heavy (non-hydrogen) atoms. The van der Waals surface area contributed by atoms with E-state index >= 15 is 0 Å². The zero-order valence-electron chi connectivity index (χ0n) is 20.9. The molecular formula is C27H35N5O4. The van der Waals surface area contributed by atoms with Crippen LogP contribution in [0, 0.1) is 0 Å². The van der Waals surface area contributed by atoms with Crippen molar-refractivity contribution in [3.8, 4) is 0 Å². The number of ether oxygens (including phenoxy) is 1. The highest BCUT2D eigenvalue weighted by molar-refractivity contribution is 5.93. The molecule has 1 fully saturated rings. The van der Waals surface area contributed by atoms with Gasteiger partial charge in [-0.2, -0.15) is 0 Å². The van der Waals surface area contributed by atoms with E-state index < -0.39 is 17.5 Å². The molecule has 0 spiro atoms. The maximum Gasteiger partial charge on any atom is 0.322 e. The third-order valence-electron chi connectivity index (χ3n) is 6.66. The maximum absolute atomic E-state index is 13.4. The van der Waals surface area contributed by atoms with Crippen LogP contribution in [-0.4, -0.2) is 65.0 Å². The third kappa shape index (κ3) is 6.22. The molecule has 0 radical (unpaired) electrons. The molecule has 0 saturated carbocycles. The summed E-state index contributed by atoms with van der Waals surface area (Å²) in [5.41, 5.74) is 7.74. The van der Waals surface area contributed by atoms with Crippen molar-refractivity contribution in [3.05, 3.63) is 65.7 Å². The molecule has 2 heterocycles. The SMILES string of the molecule is CC(C)(N)C(=O)NC(COCc1ccccc1)C(=O)N1CCC(N2Cc3ccccc3NC2=O)CC1. The van der Waals surface area contributed by atoms with E-state index in [1.54, 1.807) is 18.7 Å². The van der Waals surface area contributed by atoms with Crippen molar-refractivity contribution in [1.29, 1.82) is 0 Å². The second kappa shape index (κ2) is 11.1. The molecule has 4 N–H and O–H groups in total. The van der Waals surface area contributed by atoms with Crippen molar-refractivity contribution >= 4 is 23.5 Å². The van der Waals surface area contributed by atoms with Gasteiger partial charge in [0, 0.05) is 31.4 Å². The Balaban J connectivity index is 1.36. The maximum atomic E-state index is 13.4. The number of rotatable bonds is 8. The standard InChI is InChI=1S/C27H35N5O4/c1-27(2,28)25(34)29-23(18-36-17-19-8-4-3-5-9-19)24(33)31-14-12-21(13-15-31)32-16-20-10-6-7-11-22(20)30-26(32)35/h3-11,21,23H,12-18,28H2,1-2H3,(H,29,34)(H,30,35). The van der Waals surface area contributed by atoms with Gasteiger partial charge >= 0.3 is 6.03 Å². The molecule has 1 atom stereocenters. The largest absolute Gasteiger partial charge is 0.374 e. The molecular weight excluding hydrogens is 458 g/mol. The van der Waals surface area contributed by atoms with E-state index in [1.165, 1.54) is 0 Å². The molecule has 2 aliphatic rings. The number of hydrogen-bond acceptors (Lipinski definition) is 5. The summed E-state index contributed by atoms with van der Waals surface area (Å²) in [6.45, 7) is 5.11. The van der Waals surface area contributed by atoms with E-state index in [0.29, 0.717) is 39.1 Å². The molecule has 0 aliphatic carbocycles. The number of nitrogens with one attached hydrogen (secondary N) is 2. The van der Waals surface area contributed by atoms with Crippen LogP contribution < -0.4 is 16.4 Å². The lowest BCUT2D eigenvalue weighted by atomic mass is 10.00. The quantitative estimate of drug-likeness (QED) is 0.522. The van der Waals surface area contributed by atoms with E-state index in [-0.39, 0.29) is 24.6 Å². The number of piperidine rings is 1. The summed E-state index contributed by atoms with van der Waals surface area (Å²) < 4.78 is 5.81. The van der Waals surface area contributed by atoms with Crippen molar-refractivity contribution < 1.29 is 19.1 Å². The zero-order valence-corrected chi connectivity index (χ0v) is 20.9. The number of nitrogens with zero attached hydrogens (tertiary/aromatic N) is 2. The first kappa shape index (κ1) is 25.7. The summed E-state index contributed by atoms with van der Waals surface area (Å²) in [6, 6.07) is 16.5. The molecule has 4 amide bonds. The average Bonchev–Trinajstić information content (AvgIpc) is 2.87. The zero-order chi connectivity index (χ0) is 25.7. The number of hydrogen-bond donors (Lipinski definition) is 3. The fourth-order valence-electron chi connectivity index (χ4n) is 4.52. The predicted octanol–water partition coefficient (Wildman–Crippen LogP) is 2.46. The topological polar surface area (TPSA) is 117 Å². The van der Waals surface area contributed by atoms with Gasteiger partial charge in [0.1, 0.15) is 6.04 Å². The highest BCUT2D eigenvalue weighted by Gasteiger charge is 2.35. The Morgan fingerprint density at radius 1 is 1.11 bits per heavy atom. The number of carbonyl (C=O) groups is 3. The van der Waals surface area contributed by atoms with Crippen molar-refractivity contribution in [1.82, 2.24) is 15.1 Å². The fraction of sp³-hybridized carbons (Fsp3) is 0.444. The van der Waals surface area contributed by atoms with Gasteiger partial charge in [-0.3, -0.25) is 9.59 Å². The molecule has 0 aromatic heterocycles. The Hall–Kier alpha value is -3.43. The van der Waals surface area contributed by atoms with E-state index in [9.17, 15) is 14.4 Å². The highest BCUT2D eigenvalue weighted by Crippen LogP contribution is 2.27. The van der Waals surface area contributed by atoms with E-state index in [4.69, 9.17) is 10.5 Å². The van der Waals surface area contributed by atoms with Crippen molar-refractivity contribution in [3.63, 3.8) is 0 Å². The number of anilines is 1. The van der Waals surface area contributed by atoms with Crippen molar-refractivity contribution in [2.24, 2.45) is 5.73 Å². The van der Waals surface area contributed by atoms with Gasteiger partial charge in [-0.1, -0.05) is 48.5 Å². The van der Waals surface area contributed by atoms with E-state index in [2.05, 4.69) is 10.6 Å². The van der Waals surface area contributed by atoms with Gasteiger partial charge in [-0.15, -0.1) is 0 Å². The van der Waals surface area contributed by atoms with Crippen LogP contribution in [0.1, 0.15) is 37.8 Å². The minimum absolute atomic E-state index is 0.0350. The monoisotopic (exact) mass is 493 g/mol. The second-order valence-corrected chi connectivity index (χ2v) is 10.0. The van der Waals surface area contributed by atoms with Gasteiger partial charge in [0.2, 0.25) is 11.8 Å². The van der Waals surface area contributed by atoms with Gasteiger partial charge in [0.25, 0.3) is 0 Å². The summed E-state index contributed by atoms with van der Waals surface area (Å²) >= 11 is 0. The normalized spacial score (nSPS) is 17.2. The first-order valence-corrected chi connectivity index (χ1v) is 12.4. The lowest BCUT2D eigenvalue weighted by molar-refractivity contribution is -0.140. The smallest absolute Gasteiger partial charge is 0.322 e. The molecule has 1 unspecified atom stereocenters. The Kier molecular flexibility index (Phi) is 7.91. The minimum Gasteiger partial charge on any atom is -0.374 e. The minimum atomic E-state index is -1.12. The van der Waals surface area contributed by atoms with Crippen LogP contribution in [-0.2, 0) is 27.5 Å². The van der Waals surface area contributed by atoms with Gasteiger partial charge in [0.05, 0.1) is 18.8 Å². The van der Waals surface area contributed by atoms with Crippen molar-refractivity contribution in [2.75, 3.05) is 25.0 Å². The van der Waals surface area contributed by atoms with Crippen LogP contribution in [0.5, 0.6) is 0 Å². The number of benzene rings is 2. The molecule has 0 bridgehead atoms. The number of amides is 4. The molecule has 1 saturated heterocycles. The third-order valence-corrected chi connectivity index (χ3v) is 6.66. The van der Waals surface area contributed by atoms with Gasteiger partial charge in [0.15, 0.2) is 0 Å². The highest BCUT2D eigenvalue weighted by atomic mass is 16.5. The molecule has 2 aromatic rings. The Labute approximate surface area is 212 Å². The Bertz CT molecular complexity index is 1080. The first-order chi connectivity index (χ1) is 17.2. The fourth-order valence-corrected chi connectivity index (χ4v) is 4.52. The molecule has 192 valence electrons. The molecule has 9 nitrogen and oxygen atoms in total. The summed E-state index contributed by atoms with van der Waals surface area (Å²) in [6.07, 6.45) is 1.32. The molecule has 2 aliphatic heterocycles. The molecule has 9 heteroatoms. The number of para-hydroxylation sites is 1. The summed E-state index contributed by atoms with van der Waals surface area (Å²) in [5.74, 6) is -0.616. The van der Waals surface area contributed by atoms with Crippen LogP contribution in [0.15, 0.2) is 54.6 Å². The summed E-state index contributed by atoms with van der Waals surface area (Å²) in [7, 11) is 0. The number of carbonyl (C=O) groups excluding carboxylic acids is 3. The number of fused-ring (bicyclic) bond motifs is 1. The number of nitrogens with two attached hydrogens (primary N) is 1. The molecule has 2 aromatic carbocycles. The van der Waals surface area contributed by atoms with Crippen molar-refractivity contribution in [2.45, 2.75) is 57.5 Å². The molecule has 4 rings (SSSR count). The van der Waals surface area contributed by atoms with E-state index in [1.807, 2.05) is 59.5 Å². The number of likely N-dealkylation sites (tertiary alicyclic amines) is 1. The average molecular weight is 494 g/mol. The van der Waals surface area contributed by atoms with Gasteiger partial charge in [-0.05, 0) is 43.9 Å². The van der Waals surface area contributed by atoms with E-state index in [0.717, 1.165) is 16.8 Å². The van der Waals surface area contributed by atoms with Crippen LogP contribution in [0.3, 0.4) is 0 Å². The van der Waals surface area contributed by atoms with Crippen LogP contribution >= 0.6 is 0 Å². The summed E-state index contributed by atoms with van der Waals surface area (Å²) in [4.78, 5) is 42.3. The summed E-state index contributed by atoms with van der Waals surface area (Å²) in [5, 5.41) is 5.74. The predicted molar refractivity (Wildman–Crippen MR) is 137 cm³/mol. The lowest BCUT2D eigenvalue weighted by Crippen LogP contribution is -2.59. The second-order valence-electron chi connectivity index (χ2n) is 10.0. The van der Waals surface area contributed by atoms with Crippen LogP contribution in [0.25, 0.3) is 0 Å². The Morgan fingerprint density at radius 3 is 2.47 bits per heavy atom.